The predicted octanol–water partition coefficient (Wildman–Crippen LogP) is 3.96. The van der Waals surface area contributed by atoms with E-state index in [1.807, 2.05) is 24.3 Å². The number of amides is 2. The van der Waals surface area contributed by atoms with Gasteiger partial charge < -0.3 is 10.2 Å². The van der Waals surface area contributed by atoms with Crippen molar-refractivity contribution in [1.82, 2.24) is 10.2 Å². The van der Waals surface area contributed by atoms with Gasteiger partial charge in [-0.25, -0.2) is 0 Å². The lowest BCUT2D eigenvalue weighted by Crippen LogP contribution is -2.52. The van der Waals surface area contributed by atoms with Gasteiger partial charge in [0.25, 0.3) is 5.91 Å². The summed E-state index contributed by atoms with van der Waals surface area (Å²) in [5.41, 5.74) is 0.638. The van der Waals surface area contributed by atoms with Gasteiger partial charge >= 0.3 is 0 Å². The van der Waals surface area contributed by atoms with Crippen molar-refractivity contribution in [1.29, 1.82) is 0 Å². The normalized spacial score (nSPS) is 19.7. The zero-order valence-corrected chi connectivity index (χ0v) is 16.0. The minimum absolute atomic E-state index is 0.0603. The van der Waals surface area contributed by atoms with Gasteiger partial charge in [-0.05, 0) is 55.7 Å². The second-order valence-electron chi connectivity index (χ2n) is 6.72. The molecule has 6 heteroatoms. The van der Waals surface area contributed by atoms with Crippen molar-refractivity contribution in [3.8, 4) is 0 Å². The van der Waals surface area contributed by atoms with Crippen LogP contribution in [0.3, 0.4) is 0 Å². The maximum atomic E-state index is 12.8. The number of rotatable bonds is 5. The fourth-order valence-electron chi connectivity index (χ4n) is 3.15. The molecule has 1 unspecified atom stereocenters. The summed E-state index contributed by atoms with van der Waals surface area (Å²) in [7, 11) is 0. The molecule has 1 atom stereocenters. The number of benzene rings is 2. The Labute approximate surface area is 163 Å². The van der Waals surface area contributed by atoms with Crippen molar-refractivity contribution in [3.63, 3.8) is 0 Å². The molecule has 4 nitrogen and oxygen atoms in total. The average molecular weight is 391 g/mol. The molecule has 0 radical (unpaired) electrons. The first-order valence-electron chi connectivity index (χ1n) is 8.49. The number of carbonyl (C=O) groups excluding carboxylic acids is 2. The van der Waals surface area contributed by atoms with Crippen molar-refractivity contribution < 1.29 is 9.59 Å². The topological polar surface area (TPSA) is 49.4 Å². The Morgan fingerprint density at radius 2 is 1.85 bits per heavy atom. The van der Waals surface area contributed by atoms with E-state index < -0.39 is 5.54 Å². The molecule has 3 rings (SSSR count). The Kier molecular flexibility index (Phi) is 5.54. The van der Waals surface area contributed by atoms with Crippen molar-refractivity contribution in [2.75, 3.05) is 13.1 Å². The maximum Gasteiger partial charge on any atom is 0.252 e. The van der Waals surface area contributed by atoms with Gasteiger partial charge in [0.15, 0.2) is 0 Å². The SMILES string of the molecule is CC1(NC(=O)c2cccc(Cl)c2)CCN(CCc2cccc(Cl)c2)C1=O. The van der Waals surface area contributed by atoms with Crippen LogP contribution in [0.5, 0.6) is 0 Å². The highest BCUT2D eigenvalue weighted by molar-refractivity contribution is 6.31. The Morgan fingerprint density at radius 1 is 1.15 bits per heavy atom. The number of hydrogen-bond acceptors (Lipinski definition) is 2. The van der Waals surface area contributed by atoms with Crippen LogP contribution in [0.2, 0.25) is 10.0 Å². The monoisotopic (exact) mass is 390 g/mol. The van der Waals surface area contributed by atoms with Crippen LogP contribution in [0, 0.1) is 0 Å². The maximum absolute atomic E-state index is 12.8. The van der Waals surface area contributed by atoms with Gasteiger partial charge in [-0.15, -0.1) is 0 Å². The summed E-state index contributed by atoms with van der Waals surface area (Å²) in [6.45, 7) is 2.99. The van der Waals surface area contributed by atoms with Crippen LogP contribution in [0.4, 0.5) is 0 Å². The Hall–Kier alpha value is -2.04. The van der Waals surface area contributed by atoms with E-state index in [9.17, 15) is 9.59 Å². The number of likely N-dealkylation sites (tertiary alicyclic amines) is 1. The van der Waals surface area contributed by atoms with Crippen LogP contribution in [0.1, 0.15) is 29.3 Å². The Balaban J connectivity index is 1.62. The third-order valence-electron chi connectivity index (χ3n) is 4.68. The second-order valence-corrected chi connectivity index (χ2v) is 7.59. The summed E-state index contributed by atoms with van der Waals surface area (Å²) >= 11 is 11.9. The lowest BCUT2D eigenvalue weighted by atomic mass is 10.00. The van der Waals surface area contributed by atoms with E-state index in [2.05, 4.69) is 5.32 Å². The molecule has 2 aromatic carbocycles. The molecule has 1 aliphatic rings. The van der Waals surface area contributed by atoms with Gasteiger partial charge in [-0.1, -0.05) is 41.4 Å². The van der Waals surface area contributed by atoms with Crippen molar-refractivity contribution in [2.45, 2.75) is 25.3 Å². The minimum Gasteiger partial charge on any atom is -0.340 e. The molecule has 1 aliphatic heterocycles. The molecule has 1 fully saturated rings. The predicted molar refractivity (Wildman–Crippen MR) is 104 cm³/mol. The van der Waals surface area contributed by atoms with Crippen LogP contribution in [0.25, 0.3) is 0 Å². The lowest BCUT2D eigenvalue weighted by molar-refractivity contribution is -0.132. The molecule has 0 saturated carbocycles. The quantitative estimate of drug-likeness (QED) is 0.839. The molecule has 2 aromatic rings. The summed E-state index contributed by atoms with van der Waals surface area (Å²) in [6.07, 6.45) is 1.30. The molecule has 136 valence electrons. The van der Waals surface area contributed by atoms with Gasteiger partial charge in [0.2, 0.25) is 5.91 Å². The van der Waals surface area contributed by atoms with Gasteiger partial charge in [0.1, 0.15) is 5.54 Å². The first-order valence-corrected chi connectivity index (χ1v) is 9.25. The first-order chi connectivity index (χ1) is 12.4. The van der Waals surface area contributed by atoms with Crippen LogP contribution < -0.4 is 5.32 Å². The summed E-state index contributed by atoms with van der Waals surface area (Å²) in [5, 5.41) is 4.05. The molecule has 0 bridgehead atoms. The largest absolute Gasteiger partial charge is 0.340 e. The molecule has 0 aliphatic carbocycles. The number of carbonyl (C=O) groups is 2. The van der Waals surface area contributed by atoms with E-state index in [-0.39, 0.29) is 11.8 Å². The van der Waals surface area contributed by atoms with Gasteiger partial charge in [0, 0.05) is 28.7 Å². The highest BCUT2D eigenvalue weighted by atomic mass is 35.5. The van der Waals surface area contributed by atoms with Crippen LogP contribution in [-0.4, -0.2) is 35.3 Å². The number of hydrogen-bond donors (Lipinski definition) is 1. The van der Waals surface area contributed by atoms with Crippen molar-refractivity contribution in [3.05, 3.63) is 69.7 Å². The summed E-state index contributed by atoms with van der Waals surface area (Å²) in [4.78, 5) is 27.1. The highest BCUT2D eigenvalue weighted by Gasteiger charge is 2.43. The Morgan fingerprint density at radius 3 is 2.54 bits per heavy atom. The van der Waals surface area contributed by atoms with Crippen molar-refractivity contribution >= 4 is 35.0 Å². The highest BCUT2D eigenvalue weighted by Crippen LogP contribution is 2.24. The van der Waals surface area contributed by atoms with E-state index >= 15 is 0 Å². The third kappa shape index (κ3) is 4.19. The molecule has 0 spiro atoms. The van der Waals surface area contributed by atoms with E-state index in [1.54, 1.807) is 36.1 Å². The van der Waals surface area contributed by atoms with E-state index in [4.69, 9.17) is 23.2 Å². The van der Waals surface area contributed by atoms with Gasteiger partial charge in [-0.2, -0.15) is 0 Å². The third-order valence-corrected chi connectivity index (χ3v) is 5.15. The van der Waals surface area contributed by atoms with E-state index in [0.29, 0.717) is 35.1 Å². The molecule has 0 aromatic heterocycles. The second kappa shape index (κ2) is 7.68. The standard InChI is InChI=1S/C20H20Cl2N2O2/c1-20(23-18(25)15-5-3-7-17(22)13-15)9-11-24(19(20)26)10-8-14-4-2-6-16(21)12-14/h2-7,12-13H,8-11H2,1H3,(H,23,25). The first kappa shape index (κ1) is 18.7. The summed E-state index contributed by atoms with van der Waals surface area (Å²) < 4.78 is 0. The summed E-state index contributed by atoms with van der Waals surface area (Å²) in [6, 6.07) is 14.3. The molecule has 1 saturated heterocycles. The summed E-state index contributed by atoms with van der Waals surface area (Å²) in [5.74, 6) is -0.352. The molecule has 1 heterocycles. The molecule has 1 N–H and O–H groups in total. The average Bonchev–Trinajstić information content (AvgIpc) is 2.88. The zero-order valence-electron chi connectivity index (χ0n) is 14.5. The smallest absolute Gasteiger partial charge is 0.252 e. The zero-order chi connectivity index (χ0) is 18.7. The molecular weight excluding hydrogens is 371 g/mol. The van der Waals surface area contributed by atoms with Gasteiger partial charge in [-0.3, -0.25) is 9.59 Å². The van der Waals surface area contributed by atoms with Crippen LogP contribution >= 0.6 is 23.2 Å². The Bertz CT molecular complexity index is 840. The van der Waals surface area contributed by atoms with E-state index in [1.165, 1.54) is 0 Å². The van der Waals surface area contributed by atoms with Crippen LogP contribution in [-0.2, 0) is 11.2 Å². The minimum atomic E-state index is -0.895. The van der Waals surface area contributed by atoms with Crippen LogP contribution in [0.15, 0.2) is 48.5 Å². The fourth-order valence-corrected chi connectivity index (χ4v) is 3.56. The van der Waals surface area contributed by atoms with E-state index in [0.717, 1.165) is 12.0 Å². The molecular formula is C20H20Cl2N2O2. The number of halogens is 2. The number of nitrogens with one attached hydrogen (secondary N) is 1. The number of nitrogens with zero attached hydrogens (tertiary/aromatic N) is 1. The molecule has 26 heavy (non-hydrogen) atoms. The fraction of sp³-hybridized carbons (Fsp3) is 0.300. The molecule has 2 amide bonds. The van der Waals surface area contributed by atoms with Gasteiger partial charge in [0.05, 0.1) is 0 Å². The lowest BCUT2D eigenvalue weighted by Gasteiger charge is -2.25. The van der Waals surface area contributed by atoms with Crippen molar-refractivity contribution in [2.24, 2.45) is 0 Å².